The molecule has 3 aromatic rings. The number of rotatable bonds is 5. The Morgan fingerprint density at radius 3 is 2.31 bits per heavy atom. The summed E-state index contributed by atoms with van der Waals surface area (Å²) >= 11 is 0. The normalized spacial score (nSPS) is 12.7. The lowest BCUT2D eigenvalue weighted by Gasteiger charge is -2.14. The van der Waals surface area contributed by atoms with Crippen molar-refractivity contribution in [2.45, 2.75) is 18.5 Å². The zero-order valence-corrected chi connectivity index (χ0v) is 13.3. The minimum atomic E-state index is -4.70. The van der Waals surface area contributed by atoms with Crippen molar-refractivity contribution in [2.24, 2.45) is 5.73 Å². The fourth-order valence-electron chi connectivity index (χ4n) is 2.46. The van der Waals surface area contributed by atoms with E-state index in [9.17, 15) is 18.0 Å². The number of halogens is 3. The van der Waals surface area contributed by atoms with Gasteiger partial charge in [-0.3, -0.25) is 9.78 Å². The fraction of sp³-hybridized carbons (Fsp3) is 0.176. The quantitative estimate of drug-likeness (QED) is 0.753. The topological polar surface area (TPSA) is 94.9 Å². The molecule has 0 aliphatic carbocycles. The third-order valence-corrected chi connectivity index (χ3v) is 3.77. The average molecular weight is 362 g/mol. The molecule has 2 aromatic heterocycles. The predicted octanol–water partition coefficient (Wildman–Crippen LogP) is 2.96. The number of alkyl halides is 3. The molecule has 6 nitrogen and oxygen atoms in total. The Hall–Kier alpha value is -3.23. The van der Waals surface area contributed by atoms with Crippen LogP contribution in [0.4, 0.5) is 13.2 Å². The Balaban J connectivity index is 1.83. The second-order valence-corrected chi connectivity index (χ2v) is 5.56. The van der Waals surface area contributed by atoms with Crippen molar-refractivity contribution in [1.29, 1.82) is 0 Å². The lowest BCUT2D eigenvalue weighted by Crippen LogP contribution is -2.23. The van der Waals surface area contributed by atoms with Crippen LogP contribution in [0, 0.1) is 0 Å². The molecule has 1 unspecified atom stereocenters. The molecule has 0 saturated heterocycles. The van der Waals surface area contributed by atoms with Crippen LogP contribution in [-0.4, -0.2) is 21.0 Å². The number of amides is 1. The minimum absolute atomic E-state index is 0.186. The molecule has 134 valence electrons. The molecule has 1 amide bonds. The highest BCUT2D eigenvalue weighted by Crippen LogP contribution is 2.30. The SMILES string of the molecule is NC(=O)C(Cc1ccncc1)c1ccc(-c2noc(C(F)(F)F)n2)cc1. The van der Waals surface area contributed by atoms with Crippen LogP contribution < -0.4 is 5.73 Å². The van der Waals surface area contributed by atoms with Gasteiger partial charge in [-0.1, -0.05) is 29.4 Å². The lowest BCUT2D eigenvalue weighted by atomic mass is 9.91. The molecule has 0 saturated carbocycles. The first kappa shape index (κ1) is 17.6. The maximum Gasteiger partial charge on any atom is 0.471 e. The maximum absolute atomic E-state index is 12.5. The number of pyridine rings is 1. The average Bonchev–Trinajstić information content (AvgIpc) is 3.11. The number of primary amides is 1. The Kier molecular flexibility index (Phi) is 4.70. The Bertz CT molecular complexity index is 892. The number of hydrogen-bond donors (Lipinski definition) is 1. The zero-order chi connectivity index (χ0) is 18.7. The van der Waals surface area contributed by atoms with Gasteiger partial charge in [-0.25, -0.2) is 0 Å². The first-order valence-electron chi connectivity index (χ1n) is 7.54. The second-order valence-electron chi connectivity index (χ2n) is 5.56. The highest BCUT2D eigenvalue weighted by atomic mass is 19.4. The monoisotopic (exact) mass is 362 g/mol. The van der Waals surface area contributed by atoms with E-state index < -0.39 is 23.9 Å². The molecule has 1 atom stereocenters. The smallest absolute Gasteiger partial charge is 0.369 e. The van der Waals surface area contributed by atoms with Crippen LogP contribution >= 0.6 is 0 Å². The summed E-state index contributed by atoms with van der Waals surface area (Å²) in [7, 11) is 0. The van der Waals surface area contributed by atoms with Gasteiger partial charge in [0.05, 0.1) is 5.92 Å². The van der Waals surface area contributed by atoms with Crippen molar-refractivity contribution in [3.63, 3.8) is 0 Å². The summed E-state index contributed by atoms with van der Waals surface area (Å²) in [6.07, 6.45) is -1.08. The third-order valence-electron chi connectivity index (χ3n) is 3.77. The fourth-order valence-corrected chi connectivity index (χ4v) is 2.46. The highest BCUT2D eigenvalue weighted by Gasteiger charge is 2.38. The minimum Gasteiger partial charge on any atom is -0.369 e. The second kappa shape index (κ2) is 6.95. The van der Waals surface area contributed by atoms with Gasteiger partial charge in [0.25, 0.3) is 0 Å². The highest BCUT2D eigenvalue weighted by molar-refractivity contribution is 5.82. The summed E-state index contributed by atoms with van der Waals surface area (Å²) in [6.45, 7) is 0. The van der Waals surface area contributed by atoms with E-state index in [1.54, 1.807) is 36.7 Å². The van der Waals surface area contributed by atoms with E-state index in [0.717, 1.165) is 5.56 Å². The van der Waals surface area contributed by atoms with E-state index in [1.807, 2.05) is 0 Å². The van der Waals surface area contributed by atoms with Gasteiger partial charge in [0.2, 0.25) is 11.7 Å². The van der Waals surface area contributed by atoms with Gasteiger partial charge >= 0.3 is 12.1 Å². The summed E-state index contributed by atoms with van der Waals surface area (Å²) in [4.78, 5) is 19.1. The molecule has 26 heavy (non-hydrogen) atoms. The van der Waals surface area contributed by atoms with Crippen LogP contribution in [0.3, 0.4) is 0 Å². The molecular weight excluding hydrogens is 349 g/mol. The van der Waals surface area contributed by atoms with Gasteiger partial charge in [-0.2, -0.15) is 18.2 Å². The molecular formula is C17H13F3N4O2. The van der Waals surface area contributed by atoms with E-state index >= 15 is 0 Å². The summed E-state index contributed by atoms with van der Waals surface area (Å²) in [5.41, 5.74) is 7.36. The first-order valence-corrected chi connectivity index (χ1v) is 7.54. The molecule has 0 aliphatic heterocycles. The summed E-state index contributed by atoms with van der Waals surface area (Å²) in [6, 6.07) is 9.81. The van der Waals surface area contributed by atoms with Gasteiger partial charge in [-0.15, -0.1) is 0 Å². The number of nitrogens with two attached hydrogens (primary N) is 1. The molecule has 2 N–H and O–H groups in total. The largest absolute Gasteiger partial charge is 0.471 e. The van der Waals surface area contributed by atoms with Crippen molar-refractivity contribution in [3.05, 3.63) is 65.8 Å². The van der Waals surface area contributed by atoms with Gasteiger partial charge < -0.3 is 10.3 Å². The summed E-state index contributed by atoms with van der Waals surface area (Å²) in [5, 5.41) is 3.33. The summed E-state index contributed by atoms with van der Waals surface area (Å²) < 4.78 is 41.8. The van der Waals surface area contributed by atoms with Crippen LogP contribution in [0.25, 0.3) is 11.4 Å². The van der Waals surface area contributed by atoms with Gasteiger partial charge in [0.1, 0.15) is 0 Å². The van der Waals surface area contributed by atoms with Crippen molar-refractivity contribution in [2.75, 3.05) is 0 Å². The molecule has 0 radical (unpaired) electrons. The van der Waals surface area contributed by atoms with Crippen molar-refractivity contribution in [1.82, 2.24) is 15.1 Å². The number of benzene rings is 1. The van der Waals surface area contributed by atoms with E-state index in [0.29, 0.717) is 17.5 Å². The lowest BCUT2D eigenvalue weighted by molar-refractivity contribution is -0.159. The van der Waals surface area contributed by atoms with Gasteiger partial charge in [0, 0.05) is 18.0 Å². The van der Waals surface area contributed by atoms with E-state index in [2.05, 4.69) is 19.6 Å². The molecule has 0 spiro atoms. The Morgan fingerprint density at radius 1 is 1.12 bits per heavy atom. The number of nitrogens with zero attached hydrogens (tertiary/aromatic N) is 3. The van der Waals surface area contributed by atoms with E-state index in [-0.39, 0.29) is 5.82 Å². The molecule has 9 heteroatoms. The van der Waals surface area contributed by atoms with Crippen LogP contribution in [0.15, 0.2) is 53.3 Å². The molecule has 1 aromatic carbocycles. The van der Waals surface area contributed by atoms with Crippen molar-refractivity contribution >= 4 is 5.91 Å². The third kappa shape index (κ3) is 3.88. The molecule has 0 bridgehead atoms. The first-order chi connectivity index (χ1) is 12.3. The maximum atomic E-state index is 12.5. The summed E-state index contributed by atoms with van der Waals surface area (Å²) in [5.74, 6) is -2.69. The van der Waals surface area contributed by atoms with Crippen molar-refractivity contribution in [3.8, 4) is 11.4 Å². The van der Waals surface area contributed by atoms with Gasteiger partial charge in [-0.05, 0) is 29.7 Å². The molecule has 2 heterocycles. The number of carbonyl (C=O) groups excluding carboxylic acids is 1. The predicted molar refractivity (Wildman–Crippen MR) is 84.6 cm³/mol. The van der Waals surface area contributed by atoms with Gasteiger partial charge in [0.15, 0.2) is 0 Å². The Labute approximate surface area is 145 Å². The Morgan fingerprint density at radius 2 is 1.77 bits per heavy atom. The standard InChI is InChI=1S/C17H13F3N4O2/c18-17(19,20)16-23-15(24-26-16)12-3-1-11(2-4-12)13(14(21)25)9-10-5-7-22-8-6-10/h1-8,13H,9H2,(H2,21,25). The molecule has 3 rings (SSSR count). The zero-order valence-electron chi connectivity index (χ0n) is 13.3. The van der Waals surface area contributed by atoms with Crippen LogP contribution in [0.5, 0.6) is 0 Å². The molecule has 0 fully saturated rings. The number of hydrogen-bond acceptors (Lipinski definition) is 5. The molecule has 0 aliphatic rings. The number of carbonyl (C=O) groups is 1. The van der Waals surface area contributed by atoms with E-state index in [4.69, 9.17) is 5.73 Å². The number of aromatic nitrogens is 3. The van der Waals surface area contributed by atoms with Crippen LogP contribution in [-0.2, 0) is 17.4 Å². The van der Waals surface area contributed by atoms with Crippen LogP contribution in [0.2, 0.25) is 0 Å². The van der Waals surface area contributed by atoms with E-state index in [1.165, 1.54) is 12.1 Å². The van der Waals surface area contributed by atoms with Crippen LogP contribution in [0.1, 0.15) is 22.9 Å². The van der Waals surface area contributed by atoms with Crippen molar-refractivity contribution < 1.29 is 22.5 Å².